The van der Waals surface area contributed by atoms with E-state index in [0.29, 0.717) is 19.6 Å². The number of rotatable bonds is 7. The fraction of sp³-hybridized carbons (Fsp3) is 0.357. The Morgan fingerprint density at radius 2 is 2.00 bits per heavy atom. The van der Waals surface area contributed by atoms with Gasteiger partial charge in [-0.2, -0.15) is 4.31 Å². The van der Waals surface area contributed by atoms with Crippen LogP contribution in [0.1, 0.15) is 6.42 Å². The monoisotopic (exact) mass is 343 g/mol. The zero-order valence-electron chi connectivity index (χ0n) is 12.4. The van der Waals surface area contributed by atoms with Gasteiger partial charge < -0.3 is 9.30 Å². The molecule has 0 fully saturated rings. The zero-order valence-corrected chi connectivity index (χ0v) is 14.0. The molecule has 0 spiro atoms. The molecule has 6 nitrogen and oxygen atoms in total. The summed E-state index contributed by atoms with van der Waals surface area (Å²) < 4.78 is 32.9. The Bertz CT molecular complexity index is 716. The van der Waals surface area contributed by atoms with E-state index in [1.165, 1.54) is 22.2 Å². The molecule has 0 amide bonds. The highest BCUT2D eigenvalue weighted by molar-refractivity contribution is 7.89. The lowest BCUT2D eigenvalue weighted by Gasteiger charge is -2.16. The van der Waals surface area contributed by atoms with E-state index in [9.17, 15) is 8.42 Å². The SMILES string of the molecule is CN(CCCOc1ccccc1)S(=O)(=O)c1ncn(C)c1Cl. The van der Waals surface area contributed by atoms with Gasteiger partial charge >= 0.3 is 0 Å². The first-order valence-electron chi connectivity index (χ1n) is 6.74. The van der Waals surface area contributed by atoms with Gasteiger partial charge in [-0.3, -0.25) is 0 Å². The second kappa shape index (κ2) is 7.13. The van der Waals surface area contributed by atoms with Crippen LogP contribution in [0.4, 0.5) is 0 Å². The summed E-state index contributed by atoms with van der Waals surface area (Å²) in [5.74, 6) is 0.765. The largest absolute Gasteiger partial charge is 0.494 e. The van der Waals surface area contributed by atoms with Crippen molar-refractivity contribution in [3.8, 4) is 5.75 Å². The molecule has 0 aliphatic carbocycles. The lowest BCUT2D eigenvalue weighted by Crippen LogP contribution is -2.29. The van der Waals surface area contributed by atoms with E-state index in [1.54, 1.807) is 7.05 Å². The molecule has 1 aromatic heterocycles. The Morgan fingerprint density at radius 3 is 2.59 bits per heavy atom. The minimum absolute atomic E-state index is 0.104. The van der Waals surface area contributed by atoms with Gasteiger partial charge in [-0.25, -0.2) is 13.4 Å². The van der Waals surface area contributed by atoms with E-state index in [-0.39, 0.29) is 10.2 Å². The lowest BCUT2D eigenvalue weighted by molar-refractivity contribution is 0.296. The van der Waals surface area contributed by atoms with Crippen LogP contribution >= 0.6 is 11.6 Å². The molecule has 22 heavy (non-hydrogen) atoms. The van der Waals surface area contributed by atoms with Gasteiger partial charge in [0.05, 0.1) is 12.9 Å². The second-order valence-corrected chi connectivity index (χ2v) is 7.11. The first kappa shape index (κ1) is 16.8. The molecule has 0 bridgehead atoms. The number of hydrogen-bond acceptors (Lipinski definition) is 4. The Hall–Kier alpha value is -1.57. The number of imidazole rings is 1. The molecule has 2 rings (SSSR count). The molecule has 0 radical (unpaired) electrons. The average molecular weight is 344 g/mol. The molecule has 1 aromatic carbocycles. The molecule has 8 heteroatoms. The number of nitrogens with zero attached hydrogens (tertiary/aromatic N) is 3. The number of hydrogen-bond donors (Lipinski definition) is 0. The summed E-state index contributed by atoms with van der Waals surface area (Å²) in [7, 11) is -0.536. The summed E-state index contributed by atoms with van der Waals surface area (Å²) in [5, 5.41) is -0.0180. The smallest absolute Gasteiger partial charge is 0.263 e. The van der Waals surface area contributed by atoms with Crippen molar-refractivity contribution in [2.75, 3.05) is 20.2 Å². The Labute approximate surface area is 135 Å². The average Bonchev–Trinajstić information content (AvgIpc) is 2.85. The highest BCUT2D eigenvalue weighted by atomic mass is 35.5. The molecule has 0 unspecified atom stereocenters. The molecule has 0 atom stereocenters. The summed E-state index contributed by atoms with van der Waals surface area (Å²) in [4.78, 5) is 3.85. The van der Waals surface area contributed by atoms with Crippen LogP contribution in [-0.2, 0) is 17.1 Å². The maximum atomic E-state index is 12.4. The second-order valence-electron chi connectivity index (χ2n) is 4.79. The Kier molecular flexibility index (Phi) is 5.44. The number of para-hydroxylation sites is 1. The summed E-state index contributed by atoms with van der Waals surface area (Å²) in [5.41, 5.74) is 0. The quantitative estimate of drug-likeness (QED) is 0.723. The topological polar surface area (TPSA) is 64.4 Å². The van der Waals surface area contributed by atoms with Gasteiger partial charge in [0.25, 0.3) is 10.0 Å². The van der Waals surface area contributed by atoms with Gasteiger partial charge in [0, 0.05) is 20.6 Å². The minimum atomic E-state index is -3.68. The van der Waals surface area contributed by atoms with Crippen LogP contribution in [0.25, 0.3) is 0 Å². The zero-order chi connectivity index (χ0) is 16.2. The number of ether oxygens (including phenoxy) is 1. The maximum absolute atomic E-state index is 12.4. The van der Waals surface area contributed by atoms with Gasteiger partial charge in [-0.05, 0) is 18.6 Å². The molecular weight excluding hydrogens is 326 g/mol. The van der Waals surface area contributed by atoms with Crippen LogP contribution in [-0.4, -0.2) is 42.5 Å². The van der Waals surface area contributed by atoms with Crippen molar-refractivity contribution < 1.29 is 13.2 Å². The normalized spacial score (nSPS) is 11.8. The molecule has 2 aromatic rings. The van der Waals surface area contributed by atoms with E-state index in [2.05, 4.69) is 4.98 Å². The molecule has 0 saturated carbocycles. The summed E-state index contributed by atoms with van der Waals surface area (Å²) in [6.07, 6.45) is 1.94. The van der Waals surface area contributed by atoms with Crippen LogP contribution in [0.5, 0.6) is 5.75 Å². The summed E-state index contributed by atoms with van der Waals surface area (Å²) in [6.45, 7) is 0.752. The number of halogens is 1. The fourth-order valence-electron chi connectivity index (χ4n) is 1.83. The van der Waals surface area contributed by atoms with Gasteiger partial charge in [0.2, 0.25) is 5.03 Å². The van der Waals surface area contributed by atoms with Crippen molar-refractivity contribution in [2.24, 2.45) is 7.05 Å². The van der Waals surface area contributed by atoms with Crippen LogP contribution < -0.4 is 4.74 Å². The van der Waals surface area contributed by atoms with Crippen molar-refractivity contribution >= 4 is 21.6 Å². The molecule has 0 aliphatic heterocycles. The maximum Gasteiger partial charge on any atom is 0.263 e. The van der Waals surface area contributed by atoms with Gasteiger partial charge in [0.1, 0.15) is 10.9 Å². The molecule has 1 heterocycles. The highest BCUT2D eigenvalue weighted by Gasteiger charge is 2.26. The van der Waals surface area contributed by atoms with Crippen molar-refractivity contribution in [3.63, 3.8) is 0 Å². The van der Waals surface area contributed by atoms with Crippen LogP contribution in [0.3, 0.4) is 0 Å². The number of aromatic nitrogens is 2. The van der Waals surface area contributed by atoms with E-state index in [4.69, 9.17) is 16.3 Å². The van der Waals surface area contributed by atoms with Crippen molar-refractivity contribution in [1.82, 2.24) is 13.9 Å². The Balaban J connectivity index is 1.89. The van der Waals surface area contributed by atoms with E-state index in [0.717, 1.165) is 5.75 Å². The third-order valence-electron chi connectivity index (χ3n) is 3.12. The van der Waals surface area contributed by atoms with Gasteiger partial charge in [-0.15, -0.1) is 0 Å². The van der Waals surface area contributed by atoms with E-state index < -0.39 is 10.0 Å². The predicted octanol–water partition coefficient (Wildman–Crippen LogP) is 2.16. The first-order chi connectivity index (χ1) is 10.4. The third-order valence-corrected chi connectivity index (χ3v) is 5.47. The van der Waals surface area contributed by atoms with Crippen LogP contribution in [0.15, 0.2) is 41.7 Å². The van der Waals surface area contributed by atoms with Crippen molar-refractivity contribution in [3.05, 3.63) is 41.8 Å². The minimum Gasteiger partial charge on any atom is -0.494 e. The molecule has 0 aliphatic rings. The molecule has 120 valence electrons. The summed E-state index contributed by atoms with van der Waals surface area (Å²) in [6, 6.07) is 9.38. The van der Waals surface area contributed by atoms with Gasteiger partial charge in [0.15, 0.2) is 0 Å². The number of sulfonamides is 1. The van der Waals surface area contributed by atoms with Crippen molar-refractivity contribution in [2.45, 2.75) is 11.4 Å². The number of benzene rings is 1. The van der Waals surface area contributed by atoms with Crippen LogP contribution in [0, 0.1) is 0 Å². The lowest BCUT2D eigenvalue weighted by atomic mass is 10.3. The highest BCUT2D eigenvalue weighted by Crippen LogP contribution is 2.21. The first-order valence-corrected chi connectivity index (χ1v) is 8.55. The summed E-state index contributed by atoms with van der Waals surface area (Å²) >= 11 is 5.95. The molecule has 0 saturated heterocycles. The fourth-order valence-corrected chi connectivity index (χ4v) is 3.42. The molecule has 0 N–H and O–H groups in total. The standard InChI is InChI=1S/C14H18ClN3O3S/c1-17-11-16-14(13(17)15)22(19,20)18(2)9-6-10-21-12-7-4-3-5-8-12/h3-5,7-8,11H,6,9-10H2,1-2H3. The number of aryl methyl sites for hydroxylation is 1. The molecular formula is C14H18ClN3O3S. The Morgan fingerprint density at radius 1 is 1.32 bits per heavy atom. The van der Waals surface area contributed by atoms with E-state index in [1.807, 2.05) is 30.3 Å². The van der Waals surface area contributed by atoms with Gasteiger partial charge in [-0.1, -0.05) is 29.8 Å². The van der Waals surface area contributed by atoms with E-state index >= 15 is 0 Å². The third kappa shape index (κ3) is 3.79. The van der Waals surface area contributed by atoms with Crippen LogP contribution in [0.2, 0.25) is 5.15 Å². The van der Waals surface area contributed by atoms with Crippen molar-refractivity contribution in [1.29, 1.82) is 0 Å². The predicted molar refractivity (Wildman–Crippen MR) is 84.6 cm³/mol.